The molecule has 0 spiro atoms. The molecule has 0 bridgehead atoms. The summed E-state index contributed by atoms with van der Waals surface area (Å²) in [6, 6.07) is 12.2. The van der Waals surface area contributed by atoms with Crippen LogP contribution in [0.1, 0.15) is 90.1 Å². The predicted octanol–water partition coefficient (Wildman–Crippen LogP) is 6.88. The second kappa shape index (κ2) is 10.7. The first-order valence-electron chi connectivity index (χ1n) is 10.9. The van der Waals surface area contributed by atoms with Gasteiger partial charge in [0.2, 0.25) is 0 Å². The Kier molecular flexibility index (Phi) is 8.08. The van der Waals surface area contributed by atoms with Crippen LogP contribution in [0.2, 0.25) is 0 Å². The van der Waals surface area contributed by atoms with Crippen LogP contribution in [0.3, 0.4) is 0 Å². The van der Waals surface area contributed by atoms with E-state index in [1.807, 2.05) is 6.07 Å². The molecule has 156 valence electrons. The Morgan fingerprint density at radius 2 is 1.93 bits per heavy atom. The first kappa shape index (κ1) is 21.8. The van der Waals surface area contributed by atoms with Crippen molar-refractivity contribution in [1.82, 2.24) is 0 Å². The van der Waals surface area contributed by atoms with Crippen molar-refractivity contribution >= 4 is 22.9 Å². The van der Waals surface area contributed by atoms with Gasteiger partial charge in [-0.05, 0) is 73.3 Å². The fraction of sp³-hybridized carbons (Fsp3) is 0.480. The number of carboxylic acid groups (broad SMARTS) is 1. The topological polar surface area (TPSA) is 57.5 Å². The highest BCUT2D eigenvalue weighted by atomic mass is 32.1. The number of aliphatic hydroxyl groups is 1. The fourth-order valence-corrected chi connectivity index (χ4v) is 5.11. The zero-order valence-electron chi connectivity index (χ0n) is 17.3. The number of carbonyl (C=O) groups is 1. The fourth-order valence-electron chi connectivity index (χ4n) is 4.22. The van der Waals surface area contributed by atoms with E-state index in [1.54, 1.807) is 6.07 Å². The van der Waals surface area contributed by atoms with Crippen LogP contribution in [0.25, 0.3) is 5.57 Å². The van der Waals surface area contributed by atoms with Gasteiger partial charge in [-0.1, -0.05) is 56.5 Å². The smallest absolute Gasteiger partial charge is 0.345 e. The minimum atomic E-state index is -0.832. The number of hydrogen-bond acceptors (Lipinski definition) is 3. The number of aliphatic hydroxyl groups excluding tert-OH is 1. The summed E-state index contributed by atoms with van der Waals surface area (Å²) < 4.78 is 0. The van der Waals surface area contributed by atoms with Gasteiger partial charge in [-0.3, -0.25) is 0 Å². The van der Waals surface area contributed by atoms with E-state index in [1.165, 1.54) is 41.7 Å². The van der Waals surface area contributed by atoms with Crippen molar-refractivity contribution < 1.29 is 15.0 Å². The lowest BCUT2D eigenvalue weighted by Crippen LogP contribution is -2.01. The molecule has 3 nitrogen and oxygen atoms in total. The van der Waals surface area contributed by atoms with Crippen molar-refractivity contribution in [2.75, 3.05) is 0 Å². The van der Waals surface area contributed by atoms with Crippen LogP contribution in [0.5, 0.6) is 0 Å². The number of allylic oxidation sites excluding steroid dienone is 2. The molecule has 1 heterocycles. The van der Waals surface area contributed by atoms with Crippen molar-refractivity contribution in [2.24, 2.45) is 5.92 Å². The Morgan fingerprint density at radius 3 is 2.62 bits per heavy atom. The summed E-state index contributed by atoms with van der Waals surface area (Å²) in [5, 5.41) is 19.4. The third-order valence-electron chi connectivity index (χ3n) is 5.88. The Morgan fingerprint density at radius 1 is 1.14 bits per heavy atom. The summed E-state index contributed by atoms with van der Waals surface area (Å²) in [4.78, 5) is 12.6. The number of thiophene rings is 1. The van der Waals surface area contributed by atoms with Gasteiger partial charge in [0.1, 0.15) is 4.88 Å². The molecule has 2 aromatic rings. The summed E-state index contributed by atoms with van der Waals surface area (Å²) in [5.41, 5.74) is 3.74. The van der Waals surface area contributed by atoms with E-state index < -0.39 is 5.97 Å². The number of benzene rings is 1. The molecule has 2 unspecified atom stereocenters. The Hall–Kier alpha value is -1.91. The molecule has 1 aromatic carbocycles. The largest absolute Gasteiger partial charge is 0.477 e. The normalized spacial score (nSPS) is 17.3. The van der Waals surface area contributed by atoms with Gasteiger partial charge in [-0.2, -0.15) is 0 Å². The van der Waals surface area contributed by atoms with Gasteiger partial charge < -0.3 is 10.2 Å². The number of hydrogen-bond donors (Lipinski definition) is 2. The van der Waals surface area contributed by atoms with Crippen LogP contribution in [0.15, 0.2) is 42.5 Å². The molecule has 3 rings (SSSR count). The molecule has 29 heavy (non-hydrogen) atoms. The van der Waals surface area contributed by atoms with E-state index in [2.05, 4.69) is 37.3 Å². The maximum absolute atomic E-state index is 11.0. The van der Waals surface area contributed by atoms with Crippen molar-refractivity contribution in [2.45, 2.75) is 70.8 Å². The molecule has 1 aliphatic carbocycles. The van der Waals surface area contributed by atoms with Crippen LogP contribution in [0.4, 0.5) is 0 Å². The van der Waals surface area contributed by atoms with Crippen LogP contribution >= 0.6 is 11.3 Å². The van der Waals surface area contributed by atoms with Gasteiger partial charge >= 0.3 is 5.97 Å². The SMILES string of the molecule is CCCCCC(O)c1ccc(C2=CCCC2CCCc2ccc(C(=O)O)s2)cc1. The first-order valence-corrected chi connectivity index (χ1v) is 11.7. The van der Waals surface area contributed by atoms with Gasteiger partial charge in [0.05, 0.1) is 6.10 Å². The number of aryl methyl sites for hydroxylation is 1. The molecule has 2 atom stereocenters. The zero-order valence-corrected chi connectivity index (χ0v) is 18.1. The summed E-state index contributed by atoms with van der Waals surface area (Å²) in [6.07, 6.45) is 11.8. The Bertz CT molecular complexity index is 819. The van der Waals surface area contributed by atoms with Crippen LogP contribution in [-0.4, -0.2) is 16.2 Å². The standard InChI is InChI=1S/C25H32O3S/c1-2-3-4-11-23(26)20-14-12-19(13-15-20)22-10-6-8-18(22)7-5-9-21-16-17-24(29-21)25(27)28/h10,12-18,23,26H,2-9,11H2,1H3,(H,27,28). The molecular formula is C25H32O3S. The molecule has 1 aliphatic rings. The quantitative estimate of drug-likeness (QED) is 0.396. The molecule has 1 aromatic heterocycles. The highest BCUT2D eigenvalue weighted by molar-refractivity contribution is 7.13. The molecular weight excluding hydrogens is 380 g/mol. The van der Waals surface area contributed by atoms with E-state index in [4.69, 9.17) is 5.11 Å². The molecule has 4 heteroatoms. The average molecular weight is 413 g/mol. The van der Waals surface area contributed by atoms with E-state index >= 15 is 0 Å². The van der Waals surface area contributed by atoms with Crippen molar-refractivity contribution in [1.29, 1.82) is 0 Å². The minimum Gasteiger partial charge on any atom is -0.477 e. The number of rotatable bonds is 11. The van der Waals surface area contributed by atoms with Crippen molar-refractivity contribution in [3.8, 4) is 0 Å². The predicted molar refractivity (Wildman–Crippen MR) is 120 cm³/mol. The van der Waals surface area contributed by atoms with Crippen LogP contribution in [-0.2, 0) is 6.42 Å². The molecule has 0 saturated carbocycles. The molecule has 2 N–H and O–H groups in total. The molecule has 0 radical (unpaired) electrons. The van der Waals surface area contributed by atoms with Gasteiger partial charge in [-0.25, -0.2) is 4.79 Å². The summed E-state index contributed by atoms with van der Waals surface area (Å²) in [7, 11) is 0. The second-order valence-electron chi connectivity index (χ2n) is 8.03. The minimum absolute atomic E-state index is 0.356. The van der Waals surface area contributed by atoms with Crippen molar-refractivity contribution in [3.05, 3.63) is 63.4 Å². The van der Waals surface area contributed by atoms with Gasteiger partial charge in [0, 0.05) is 4.88 Å². The molecule has 0 fully saturated rings. The lowest BCUT2D eigenvalue weighted by molar-refractivity contribution is 0.0702. The number of aromatic carboxylic acids is 1. The lowest BCUT2D eigenvalue weighted by atomic mass is 9.89. The molecule has 0 saturated heterocycles. The van der Waals surface area contributed by atoms with Crippen molar-refractivity contribution in [3.63, 3.8) is 0 Å². The second-order valence-corrected chi connectivity index (χ2v) is 9.20. The summed E-state index contributed by atoms with van der Waals surface area (Å²) >= 11 is 1.39. The van der Waals surface area contributed by atoms with E-state index in [0.29, 0.717) is 10.8 Å². The average Bonchev–Trinajstić information content (AvgIpc) is 3.38. The molecule has 0 aliphatic heterocycles. The first-order chi connectivity index (χ1) is 14.1. The lowest BCUT2D eigenvalue weighted by Gasteiger charge is -2.16. The monoisotopic (exact) mass is 412 g/mol. The van der Waals surface area contributed by atoms with Gasteiger partial charge in [0.25, 0.3) is 0 Å². The zero-order chi connectivity index (χ0) is 20.6. The highest BCUT2D eigenvalue weighted by Gasteiger charge is 2.21. The maximum atomic E-state index is 11.0. The summed E-state index contributed by atoms with van der Waals surface area (Å²) in [6.45, 7) is 2.18. The van der Waals surface area contributed by atoms with Crippen LogP contribution in [0, 0.1) is 5.92 Å². The number of carboxylic acids is 1. The Balaban J connectivity index is 1.52. The van der Waals surface area contributed by atoms with E-state index in [9.17, 15) is 9.90 Å². The third-order valence-corrected chi connectivity index (χ3v) is 7.01. The van der Waals surface area contributed by atoms with E-state index in [-0.39, 0.29) is 6.10 Å². The van der Waals surface area contributed by atoms with E-state index in [0.717, 1.165) is 49.0 Å². The maximum Gasteiger partial charge on any atom is 0.345 e. The Labute approximate surface area is 178 Å². The third kappa shape index (κ3) is 6.03. The van der Waals surface area contributed by atoms with Crippen LogP contribution < -0.4 is 0 Å². The van der Waals surface area contributed by atoms with Gasteiger partial charge in [-0.15, -0.1) is 11.3 Å². The molecule has 0 amide bonds. The number of unbranched alkanes of at least 4 members (excludes halogenated alkanes) is 2. The highest BCUT2D eigenvalue weighted by Crippen LogP contribution is 2.37. The van der Waals surface area contributed by atoms with Gasteiger partial charge in [0.15, 0.2) is 0 Å². The summed E-state index contributed by atoms with van der Waals surface area (Å²) in [5.74, 6) is -0.254.